The van der Waals surface area contributed by atoms with E-state index in [0.29, 0.717) is 0 Å². The van der Waals surface area contributed by atoms with E-state index >= 15 is 0 Å². The van der Waals surface area contributed by atoms with Crippen LogP contribution >= 0.6 is 0 Å². The lowest BCUT2D eigenvalue weighted by atomic mass is 9.63. The van der Waals surface area contributed by atoms with E-state index in [-0.39, 0.29) is 5.41 Å². The van der Waals surface area contributed by atoms with E-state index in [1.165, 1.54) is 22.6 Å². The lowest BCUT2D eigenvalue weighted by molar-refractivity contribution is 0.636. The third kappa shape index (κ3) is 2.35. The first-order valence-electron chi connectivity index (χ1n) is 7.73. The van der Waals surface area contributed by atoms with Crippen LogP contribution in [0.3, 0.4) is 0 Å². The summed E-state index contributed by atoms with van der Waals surface area (Å²) in [4.78, 5) is 0. The van der Waals surface area contributed by atoms with Crippen LogP contribution in [-0.2, 0) is 5.41 Å². The molecular weight excluding hydrogens is 264 g/mol. The number of benzene rings is 3. The Hall–Kier alpha value is -2.34. The summed E-state index contributed by atoms with van der Waals surface area (Å²) in [7, 11) is 0. The highest BCUT2D eigenvalue weighted by molar-refractivity contribution is 5.55. The third-order valence-electron chi connectivity index (χ3n) is 4.37. The molecule has 0 aliphatic carbocycles. The van der Waals surface area contributed by atoms with Crippen LogP contribution in [0.5, 0.6) is 0 Å². The highest BCUT2D eigenvalue weighted by Gasteiger charge is 2.39. The number of rotatable bonds is 4. The van der Waals surface area contributed by atoms with Gasteiger partial charge in [0.2, 0.25) is 0 Å². The molecule has 0 amide bonds. The van der Waals surface area contributed by atoms with Crippen LogP contribution in [-0.4, -0.2) is 0 Å². The van der Waals surface area contributed by atoms with Gasteiger partial charge in [-0.3, -0.25) is 0 Å². The lowest BCUT2D eigenvalue weighted by Crippen LogP contribution is -2.33. The van der Waals surface area contributed by atoms with Crippen molar-refractivity contribution in [2.24, 2.45) is 0 Å². The summed E-state index contributed by atoms with van der Waals surface area (Å²) in [6, 6.07) is 32.4. The molecule has 1 radical (unpaired) electrons. The van der Waals surface area contributed by atoms with Gasteiger partial charge in [-0.05, 0) is 22.6 Å². The van der Waals surface area contributed by atoms with E-state index in [0.717, 1.165) is 0 Å². The van der Waals surface area contributed by atoms with Gasteiger partial charge in [0, 0.05) is 0 Å². The van der Waals surface area contributed by atoms with Crippen LogP contribution in [0.15, 0.2) is 91.0 Å². The van der Waals surface area contributed by atoms with Gasteiger partial charge in [-0.25, -0.2) is 0 Å². The predicted octanol–water partition coefficient (Wildman–Crippen LogP) is 5.64. The molecule has 0 N–H and O–H groups in total. The van der Waals surface area contributed by atoms with Crippen LogP contribution in [0.25, 0.3) is 0 Å². The second kappa shape index (κ2) is 6.19. The zero-order valence-electron chi connectivity index (χ0n) is 13.2. The maximum atomic E-state index is 2.23. The van der Waals surface area contributed by atoms with Gasteiger partial charge in [-0.2, -0.15) is 0 Å². The van der Waals surface area contributed by atoms with Crippen molar-refractivity contribution in [3.05, 3.63) is 114 Å². The van der Waals surface area contributed by atoms with Crippen molar-refractivity contribution < 1.29 is 0 Å². The van der Waals surface area contributed by atoms with Crippen molar-refractivity contribution in [3.63, 3.8) is 0 Å². The fourth-order valence-electron chi connectivity index (χ4n) is 3.43. The van der Waals surface area contributed by atoms with Crippen molar-refractivity contribution in [1.29, 1.82) is 0 Å². The Morgan fingerprint density at radius 3 is 1.00 bits per heavy atom. The Kier molecular flexibility index (Phi) is 4.11. The van der Waals surface area contributed by atoms with Crippen molar-refractivity contribution >= 4 is 0 Å². The van der Waals surface area contributed by atoms with Gasteiger partial charge in [-0.1, -0.05) is 105 Å². The highest BCUT2D eigenvalue weighted by Crippen LogP contribution is 2.45. The third-order valence-corrected chi connectivity index (χ3v) is 4.37. The summed E-state index contributed by atoms with van der Waals surface area (Å²) >= 11 is 0. The standard InChI is InChI=1S/C22H21/c1-18(2)22(19-12-6-3-7-13-19,20-14-8-4-9-15-20)21-16-10-5-11-17-21/h3-17H,1-2H3. The Morgan fingerprint density at radius 2 is 0.773 bits per heavy atom. The smallest absolute Gasteiger partial charge is 0.0507 e. The zero-order valence-corrected chi connectivity index (χ0v) is 13.2. The van der Waals surface area contributed by atoms with Crippen molar-refractivity contribution in [2.75, 3.05) is 0 Å². The van der Waals surface area contributed by atoms with Gasteiger partial charge in [0.05, 0.1) is 5.41 Å². The molecule has 0 unspecified atom stereocenters. The Balaban J connectivity index is 2.34. The Morgan fingerprint density at radius 1 is 0.500 bits per heavy atom. The molecule has 109 valence electrons. The maximum Gasteiger partial charge on any atom is 0.0507 e. The summed E-state index contributed by atoms with van der Waals surface area (Å²) < 4.78 is 0. The van der Waals surface area contributed by atoms with E-state index in [9.17, 15) is 0 Å². The molecule has 0 nitrogen and oxygen atoms in total. The average molecular weight is 285 g/mol. The zero-order chi connectivity index (χ0) is 15.4. The summed E-state index contributed by atoms with van der Waals surface area (Å²) in [6.07, 6.45) is 0. The minimum Gasteiger partial charge on any atom is -0.0622 e. The number of hydrogen-bond acceptors (Lipinski definition) is 0. The lowest BCUT2D eigenvalue weighted by Gasteiger charge is -2.39. The molecule has 0 heterocycles. The molecule has 3 rings (SSSR count). The van der Waals surface area contributed by atoms with Gasteiger partial charge in [0.15, 0.2) is 0 Å². The molecule has 0 bridgehead atoms. The van der Waals surface area contributed by atoms with Crippen LogP contribution in [0.4, 0.5) is 0 Å². The quantitative estimate of drug-likeness (QED) is 0.544. The van der Waals surface area contributed by atoms with Gasteiger partial charge in [-0.15, -0.1) is 0 Å². The average Bonchev–Trinajstić information content (AvgIpc) is 2.58. The summed E-state index contributed by atoms with van der Waals surface area (Å²) in [5, 5.41) is 0. The minimum absolute atomic E-state index is 0.205. The largest absolute Gasteiger partial charge is 0.0622 e. The molecule has 0 fully saturated rings. The number of hydrogen-bond donors (Lipinski definition) is 0. The van der Waals surface area contributed by atoms with Crippen molar-refractivity contribution in [3.8, 4) is 0 Å². The summed E-state index contributed by atoms with van der Waals surface area (Å²) in [5.74, 6) is 1.37. The monoisotopic (exact) mass is 285 g/mol. The molecular formula is C22H21. The summed E-state index contributed by atoms with van der Waals surface area (Å²) in [6.45, 7) is 4.46. The minimum atomic E-state index is -0.205. The van der Waals surface area contributed by atoms with E-state index in [1.807, 2.05) is 0 Å². The van der Waals surface area contributed by atoms with Crippen molar-refractivity contribution in [2.45, 2.75) is 19.3 Å². The molecule has 0 spiro atoms. The maximum absolute atomic E-state index is 2.23. The van der Waals surface area contributed by atoms with Crippen molar-refractivity contribution in [1.82, 2.24) is 0 Å². The first kappa shape index (κ1) is 14.6. The fraction of sp³-hybridized carbons (Fsp3) is 0.136. The molecule has 3 aromatic carbocycles. The van der Waals surface area contributed by atoms with Gasteiger partial charge >= 0.3 is 0 Å². The summed E-state index contributed by atoms with van der Waals surface area (Å²) in [5.41, 5.74) is 3.73. The molecule has 3 aromatic rings. The van der Waals surface area contributed by atoms with Crippen LogP contribution < -0.4 is 0 Å². The molecule has 0 heteroatoms. The first-order valence-corrected chi connectivity index (χ1v) is 7.73. The van der Waals surface area contributed by atoms with E-state index in [4.69, 9.17) is 0 Å². The van der Waals surface area contributed by atoms with Gasteiger partial charge in [0.1, 0.15) is 0 Å². The molecule has 0 aliphatic heterocycles. The predicted molar refractivity (Wildman–Crippen MR) is 93.8 cm³/mol. The molecule has 22 heavy (non-hydrogen) atoms. The molecule has 0 saturated heterocycles. The van der Waals surface area contributed by atoms with Crippen LogP contribution in [0, 0.1) is 5.92 Å². The highest BCUT2D eigenvalue weighted by atomic mass is 14.4. The normalized spacial score (nSPS) is 11.6. The SMILES string of the molecule is C[C](C)C(c1ccccc1)(c1ccccc1)c1ccccc1. The molecule has 0 saturated carbocycles. The first-order chi connectivity index (χ1) is 10.8. The van der Waals surface area contributed by atoms with Gasteiger partial charge in [0.25, 0.3) is 0 Å². The molecule has 0 atom stereocenters. The van der Waals surface area contributed by atoms with Crippen LogP contribution in [0.2, 0.25) is 0 Å². The molecule has 0 aliphatic rings. The fourth-order valence-corrected chi connectivity index (χ4v) is 3.43. The molecule has 0 aromatic heterocycles. The second-order valence-corrected chi connectivity index (χ2v) is 5.85. The Labute approximate surface area is 133 Å². The Bertz CT molecular complexity index is 600. The second-order valence-electron chi connectivity index (χ2n) is 5.85. The van der Waals surface area contributed by atoms with E-state index in [1.54, 1.807) is 0 Å². The van der Waals surface area contributed by atoms with Gasteiger partial charge < -0.3 is 0 Å². The van der Waals surface area contributed by atoms with Crippen LogP contribution in [0.1, 0.15) is 30.5 Å². The van der Waals surface area contributed by atoms with E-state index in [2.05, 4.69) is 105 Å². The van der Waals surface area contributed by atoms with E-state index < -0.39 is 0 Å². The topological polar surface area (TPSA) is 0 Å².